The summed E-state index contributed by atoms with van der Waals surface area (Å²) in [6, 6.07) is 0. The molecular weight excluding hydrogens is 391 g/mol. The molecule has 22 heavy (non-hydrogen) atoms. The van der Waals surface area contributed by atoms with Crippen LogP contribution in [0.25, 0.3) is 0 Å². The van der Waals surface area contributed by atoms with Crippen LogP contribution in [0.3, 0.4) is 0 Å². The first kappa shape index (κ1) is 19.5. The van der Waals surface area contributed by atoms with Gasteiger partial charge in [0.15, 0.2) is 5.96 Å². The van der Waals surface area contributed by atoms with Crippen molar-refractivity contribution in [1.29, 1.82) is 0 Å². The Morgan fingerprint density at radius 2 is 1.73 bits per heavy atom. The van der Waals surface area contributed by atoms with E-state index in [9.17, 15) is 4.79 Å². The van der Waals surface area contributed by atoms with Gasteiger partial charge in [0.05, 0.1) is 6.54 Å². The molecule has 0 aromatic rings. The minimum Gasteiger partial charge on any atom is -0.370 e. The topological polar surface area (TPSA) is 70.7 Å². The van der Waals surface area contributed by atoms with Crippen LogP contribution in [0.2, 0.25) is 0 Å². The van der Waals surface area contributed by atoms with E-state index in [0.29, 0.717) is 31.4 Å². The van der Waals surface area contributed by atoms with Crippen molar-refractivity contribution in [2.75, 3.05) is 26.2 Å². The molecule has 1 amide bonds. The Morgan fingerprint density at radius 3 is 2.36 bits per heavy atom. The van der Waals surface area contributed by atoms with E-state index >= 15 is 0 Å². The summed E-state index contributed by atoms with van der Waals surface area (Å²) < 4.78 is 0. The molecule has 0 radical (unpaired) electrons. The Morgan fingerprint density at radius 1 is 1.09 bits per heavy atom. The maximum atomic E-state index is 11.8. The van der Waals surface area contributed by atoms with Gasteiger partial charge in [-0.1, -0.05) is 25.7 Å². The Bertz CT molecular complexity index is 348. The lowest BCUT2D eigenvalue weighted by Gasteiger charge is -2.21. The number of rotatable bonds is 5. The first-order chi connectivity index (χ1) is 10.3. The summed E-state index contributed by atoms with van der Waals surface area (Å²) in [6.45, 7) is 3.21. The van der Waals surface area contributed by atoms with Gasteiger partial charge in [-0.3, -0.25) is 9.79 Å². The average Bonchev–Trinajstić information content (AvgIpc) is 2.83. The quantitative estimate of drug-likeness (QED) is 0.310. The number of nitrogens with one attached hydrogen (secondary N) is 1. The van der Waals surface area contributed by atoms with Gasteiger partial charge in [-0.15, -0.1) is 24.0 Å². The molecule has 0 aromatic carbocycles. The molecule has 128 valence electrons. The summed E-state index contributed by atoms with van der Waals surface area (Å²) in [7, 11) is 0. The lowest BCUT2D eigenvalue weighted by molar-refractivity contribution is -0.121. The van der Waals surface area contributed by atoms with Crippen molar-refractivity contribution >= 4 is 35.8 Å². The predicted molar refractivity (Wildman–Crippen MR) is 102 cm³/mol. The monoisotopic (exact) mass is 422 g/mol. The first-order valence-electron chi connectivity index (χ1n) is 8.57. The number of nitrogens with two attached hydrogens (primary N) is 1. The van der Waals surface area contributed by atoms with Crippen molar-refractivity contribution in [3.63, 3.8) is 0 Å². The zero-order valence-electron chi connectivity index (χ0n) is 13.6. The molecule has 3 N–H and O–H groups in total. The molecule has 5 nitrogen and oxygen atoms in total. The third kappa shape index (κ3) is 7.15. The second kappa shape index (κ2) is 11.1. The second-order valence-corrected chi connectivity index (χ2v) is 6.35. The summed E-state index contributed by atoms with van der Waals surface area (Å²) in [5.41, 5.74) is 6.03. The van der Waals surface area contributed by atoms with Crippen LogP contribution in [0.1, 0.15) is 57.8 Å². The molecule has 1 aliphatic carbocycles. The molecule has 1 heterocycles. The summed E-state index contributed by atoms with van der Waals surface area (Å²) in [6.07, 6.45) is 10.7. The highest BCUT2D eigenvalue weighted by Crippen LogP contribution is 2.27. The fraction of sp³-hybridized carbons (Fsp3) is 0.875. The van der Waals surface area contributed by atoms with Crippen LogP contribution in [0.5, 0.6) is 0 Å². The maximum absolute atomic E-state index is 11.8. The lowest BCUT2D eigenvalue weighted by Crippen LogP contribution is -2.38. The van der Waals surface area contributed by atoms with E-state index in [-0.39, 0.29) is 29.9 Å². The zero-order valence-corrected chi connectivity index (χ0v) is 15.9. The molecule has 1 saturated carbocycles. The number of carbonyl (C=O) groups excluding carboxylic acids is 1. The third-order valence-corrected chi connectivity index (χ3v) is 4.59. The van der Waals surface area contributed by atoms with E-state index in [1.807, 2.05) is 0 Å². The van der Waals surface area contributed by atoms with Crippen molar-refractivity contribution in [2.45, 2.75) is 57.8 Å². The van der Waals surface area contributed by atoms with Crippen LogP contribution in [-0.4, -0.2) is 42.9 Å². The largest absolute Gasteiger partial charge is 0.370 e. The third-order valence-electron chi connectivity index (χ3n) is 4.59. The van der Waals surface area contributed by atoms with Crippen molar-refractivity contribution in [1.82, 2.24) is 10.2 Å². The summed E-state index contributed by atoms with van der Waals surface area (Å²) in [4.78, 5) is 18.4. The van der Waals surface area contributed by atoms with Gasteiger partial charge in [0.1, 0.15) is 0 Å². The van der Waals surface area contributed by atoms with Gasteiger partial charge in [-0.05, 0) is 31.6 Å². The van der Waals surface area contributed by atoms with Gasteiger partial charge >= 0.3 is 0 Å². The molecule has 6 heteroatoms. The Balaban J connectivity index is 0.00000242. The zero-order chi connectivity index (χ0) is 14.9. The van der Waals surface area contributed by atoms with Gasteiger partial charge in [0.25, 0.3) is 0 Å². The number of halogens is 1. The molecule has 0 bridgehead atoms. The molecule has 0 atom stereocenters. The molecular formula is C16H31IN4O. The van der Waals surface area contributed by atoms with E-state index in [1.165, 1.54) is 51.4 Å². The van der Waals surface area contributed by atoms with Crippen LogP contribution in [0.4, 0.5) is 0 Å². The van der Waals surface area contributed by atoms with Crippen LogP contribution in [0.15, 0.2) is 4.99 Å². The van der Waals surface area contributed by atoms with Crippen molar-refractivity contribution in [3.05, 3.63) is 0 Å². The molecule has 1 aliphatic heterocycles. The Kier molecular flexibility index (Phi) is 9.82. The van der Waals surface area contributed by atoms with E-state index < -0.39 is 0 Å². The predicted octanol–water partition coefficient (Wildman–Crippen LogP) is 2.49. The second-order valence-electron chi connectivity index (χ2n) is 6.35. The van der Waals surface area contributed by atoms with Crippen molar-refractivity contribution < 1.29 is 4.79 Å². The van der Waals surface area contributed by atoms with Crippen molar-refractivity contribution in [2.24, 2.45) is 16.6 Å². The normalized spacial score (nSPS) is 20.4. The van der Waals surface area contributed by atoms with Crippen LogP contribution >= 0.6 is 24.0 Å². The van der Waals surface area contributed by atoms with Gasteiger partial charge in [-0.25, -0.2) is 0 Å². The molecule has 1 saturated heterocycles. The number of hydrogen-bond acceptors (Lipinski definition) is 2. The SMILES string of the molecule is I.NC(=NCCNC(=O)CC1CCCC1)N1CCCCCC1. The van der Waals surface area contributed by atoms with Gasteiger partial charge in [0.2, 0.25) is 5.91 Å². The number of likely N-dealkylation sites (tertiary alicyclic amines) is 1. The minimum atomic E-state index is 0. The smallest absolute Gasteiger partial charge is 0.220 e. The van der Waals surface area contributed by atoms with Gasteiger partial charge < -0.3 is 16.0 Å². The summed E-state index contributed by atoms with van der Waals surface area (Å²) in [5.74, 6) is 1.42. The maximum Gasteiger partial charge on any atom is 0.220 e. The van der Waals surface area contributed by atoms with Crippen LogP contribution in [0, 0.1) is 5.92 Å². The molecule has 2 fully saturated rings. The van der Waals surface area contributed by atoms with Crippen LogP contribution < -0.4 is 11.1 Å². The number of nitrogens with zero attached hydrogens (tertiary/aromatic N) is 2. The molecule has 2 rings (SSSR count). The molecule has 0 aromatic heterocycles. The van der Waals surface area contributed by atoms with Gasteiger partial charge in [0, 0.05) is 26.1 Å². The number of guanidine groups is 1. The molecule has 0 unspecified atom stereocenters. The molecule has 2 aliphatic rings. The van der Waals surface area contributed by atoms with Gasteiger partial charge in [-0.2, -0.15) is 0 Å². The van der Waals surface area contributed by atoms with E-state index in [1.54, 1.807) is 0 Å². The Hall–Kier alpha value is -0.530. The van der Waals surface area contributed by atoms with Crippen molar-refractivity contribution in [3.8, 4) is 0 Å². The summed E-state index contributed by atoms with van der Waals surface area (Å²) in [5, 5.41) is 2.96. The lowest BCUT2D eigenvalue weighted by atomic mass is 10.0. The first-order valence-corrected chi connectivity index (χ1v) is 8.57. The number of hydrogen-bond donors (Lipinski definition) is 2. The number of aliphatic imine (C=N–C) groups is 1. The summed E-state index contributed by atoms with van der Waals surface area (Å²) >= 11 is 0. The highest BCUT2D eigenvalue weighted by Gasteiger charge is 2.18. The Labute approximate surface area is 151 Å². The van der Waals surface area contributed by atoms with E-state index in [0.717, 1.165) is 13.1 Å². The van der Waals surface area contributed by atoms with Crippen LogP contribution in [-0.2, 0) is 4.79 Å². The minimum absolute atomic E-state index is 0. The fourth-order valence-electron chi connectivity index (χ4n) is 3.31. The van der Waals surface area contributed by atoms with E-state index in [4.69, 9.17) is 5.73 Å². The van der Waals surface area contributed by atoms with E-state index in [2.05, 4.69) is 15.2 Å². The standard InChI is InChI=1S/C16H30N4O.HI/c17-16(20-11-5-1-2-6-12-20)19-10-9-18-15(21)13-14-7-3-4-8-14;/h14H,1-13H2,(H2,17,19)(H,18,21);1H. The fourth-order valence-corrected chi connectivity index (χ4v) is 3.31. The highest BCUT2D eigenvalue weighted by molar-refractivity contribution is 14.0. The number of amides is 1. The highest BCUT2D eigenvalue weighted by atomic mass is 127. The average molecular weight is 422 g/mol. The number of carbonyl (C=O) groups is 1. The molecule has 0 spiro atoms.